The van der Waals surface area contributed by atoms with E-state index in [0.29, 0.717) is 4.96 Å². The van der Waals surface area contributed by atoms with Gasteiger partial charge in [-0.05, 0) is 48.6 Å². The maximum Gasteiger partial charge on any atom is 0.277 e. The minimum Gasteiger partial charge on any atom is -0.399 e. The number of piperidine rings is 1. The highest BCUT2D eigenvalue weighted by Crippen LogP contribution is 2.30. The van der Waals surface area contributed by atoms with Crippen LogP contribution in [0, 0.1) is 0 Å². The van der Waals surface area contributed by atoms with Gasteiger partial charge in [0.25, 0.3) is 5.56 Å². The molecule has 3 heterocycles. The van der Waals surface area contributed by atoms with Gasteiger partial charge in [-0.25, -0.2) is 4.98 Å². The first-order chi connectivity index (χ1) is 14.2. The molecule has 1 aliphatic rings. The van der Waals surface area contributed by atoms with Gasteiger partial charge in [0.15, 0.2) is 0 Å². The summed E-state index contributed by atoms with van der Waals surface area (Å²) in [6, 6.07) is 17.6. The second-order valence-electron chi connectivity index (χ2n) is 7.30. The SMILES string of the molecule is Nc1ccc(-c2cccc(-c3nn4c(=O)cc(N5CCCCC5)nc4s3)c2)cc1. The Bertz CT molecular complexity index is 1220. The minimum absolute atomic E-state index is 0.132. The van der Waals surface area contributed by atoms with E-state index in [2.05, 4.69) is 22.1 Å². The van der Waals surface area contributed by atoms with E-state index in [-0.39, 0.29) is 5.56 Å². The molecule has 29 heavy (non-hydrogen) atoms. The Kier molecular flexibility index (Phi) is 4.52. The summed E-state index contributed by atoms with van der Waals surface area (Å²) in [5.74, 6) is 0.764. The topological polar surface area (TPSA) is 76.5 Å². The smallest absolute Gasteiger partial charge is 0.277 e. The zero-order valence-electron chi connectivity index (χ0n) is 15.9. The number of nitrogens with zero attached hydrogens (tertiary/aromatic N) is 4. The van der Waals surface area contributed by atoms with Crippen LogP contribution in [0.25, 0.3) is 26.7 Å². The molecule has 2 aromatic heterocycles. The Morgan fingerprint density at radius 2 is 1.66 bits per heavy atom. The summed E-state index contributed by atoms with van der Waals surface area (Å²) in [6.45, 7) is 1.91. The van der Waals surface area contributed by atoms with Crippen molar-refractivity contribution in [1.29, 1.82) is 0 Å². The van der Waals surface area contributed by atoms with Gasteiger partial charge in [0.2, 0.25) is 4.96 Å². The van der Waals surface area contributed by atoms with E-state index >= 15 is 0 Å². The van der Waals surface area contributed by atoms with Crippen LogP contribution >= 0.6 is 11.3 Å². The molecule has 0 unspecified atom stereocenters. The lowest BCUT2D eigenvalue weighted by atomic mass is 10.0. The van der Waals surface area contributed by atoms with Crippen LogP contribution in [0.1, 0.15) is 19.3 Å². The van der Waals surface area contributed by atoms with E-state index in [1.54, 1.807) is 6.07 Å². The van der Waals surface area contributed by atoms with Crippen LogP contribution in [0.3, 0.4) is 0 Å². The molecule has 0 spiro atoms. The fourth-order valence-electron chi connectivity index (χ4n) is 3.71. The first-order valence-corrected chi connectivity index (χ1v) is 10.6. The minimum atomic E-state index is -0.132. The highest BCUT2D eigenvalue weighted by molar-refractivity contribution is 7.19. The molecule has 5 rings (SSSR count). The fourth-order valence-corrected chi connectivity index (χ4v) is 4.60. The molecular weight excluding hydrogens is 382 g/mol. The zero-order chi connectivity index (χ0) is 19.8. The normalized spacial score (nSPS) is 14.4. The van der Waals surface area contributed by atoms with Gasteiger partial charge in [-0.3, -0.25) is 4.79 Å². The fraction of sp³-hybridized carbons (Fsp3) is 0.227. The van der Waals surface area contributed by atoms with E-state index in [4.69, 9.17) is 10.7 Å². The van der Waals surface area contributed by atoms with E-state index in [0.717, 1.165) is 59.1 Å². The van der Waals surface area contributed by atoms with Gasteiger partial charge in [0, 0.05) is 30.4 Å². The zero-order valence-corrected chi connectivity index (χ0v) is 16.7. The summed E-state index contributed by atoms with van der Waals surface area (Å²) in [4.78, 5) is 20.2. The predicted octanol–water partition coefficient (Wildman–Crippen LogP) is 4.06. The summed E-state index contributed by atoms with van der Waals surface area (Å²) >= 11 is 1.44. The average Bonchev–Trinajstić information content (AvgIpc) is 3.20. The van der Waals surface area contributed by atoms with Gasteiger partial charge in [0.05, 0.1) is 0 Å². The van der Waals surface area contributed by atoms with Crippen molar-refractivity contribution in [3.63, 3.8) is 0 Å². The largest absolute Gasteiger partial charge is 0.399 e. The summed E-state index contributed by atoms with van der Waals surface area (Å²) in [6.07, 6.45) is 3.53. The number of hydrogen-bond donors (Lipinski definition) is 1. The third-order valence-electron chi connectivity index (χ3n) is 5.27. The number of aromatic nitrogens is 3. The Balaban J connectivity index is 1.53. The summed E-state index contributed by atoms with van der Waals surface area (Å²) in [5, 5.41) is 5.32. The van der Waals surface area contributed by atoms with Crippen LogP contribution in [0.4, 0.5) is 11.5 Å². The molecule has 0 amide bonds. The summed E-state index contributed by atoms with van der Waals surface area (Å²) in [7, 11) is 0. The van der Waals surface area contributed by atoms with Crippen LogP contribution < -0.4 is 16.2 Å². The molecular formula is C22H21N5OS. The monoisotopic (exact) mass is 403 g/mol. The highest BCUT2D eigenvalue weighted by atomic mass is 32.1. The molecule has 2 aromatic carbocycles. The Hall–Kier alpha value is -3.19. The summed E-state index contributed by atoms with van der Waals surface area (Å²) < 4.78 is 1.41. The van der Waals surface area contributed by atoms with Crippen molar-refractivity contribution in [3.8, 4) is 21.7 Å². The van der Waals surface area contributed by atoms with Crippen molar-refractivity contribution in [2.45, 2.75) is 19.3 Å². The maximum absolute atomic E-state index is 12.6. The van der Waals surface area contributed by atoms with E-state index < -0.39 is 0 Å². The maximum atomic E-state index is 12.6. The molecule has 0 radical (unpaired) electrons. The van der Waals surface area contributed by atoms with Gasteiger partial charge >= 0.3 is 0 Å². The molecule has 0 aliphatic carbocycles. The quantitative estimate of drug-likeness (QED) is 0.522. The Morgan fingerprint density at radius 1 is 0.897 bits per heavy atom. The first-order valence-electron chi connectivity index (χ1n) is 9.80. The molecule has 1 fully saturated rings. The lowest BCUT2D eigenvalue weighted by Gasteiger charge is -2.27. The molecule has 0 saturated carbocycles. The van der Waals surface area contributed by atoms with Crippen molar-refractivity contribution in [2.24, 2.45) is 0 Å². The van der Waals surface area contributed by atoms with Gasteiger partial charge in [-0.1, -0.05) is 41.7 Å². The van der Waals surface area contributed by atoms with Crippen LogP contribution in [-0.2, 0) is 0 Å². The number of hydrogen-bond acceptors (Lipinski definition) is 6. The lowest BCUT2D eigenvalue weighted by Crippen LogP contribution is -2.31. The van der Waals surface area contributed by atoms with Crippen molar-refractivity contribution in [2.75, 3.05) is 23.7 Å². The van der Waals surface area contributed by atoms with E-state index in [9.17, 15) is 4.79 Å². The first kappa shape index (κ1) is 17.9. The highest BCUT2D eigenvalue weighted by Gasteiger charge is 2.16. The molecule has 6 nitrogen and oxygen atoms in total. The molecule has 0 bridgehead atoms. The predicted molar refractivity (Wildman–Crippen MR) is 118 cm³/mol. The van der Waals surface area contributed by atoms with Crippen molar-refractivity contribution in [1.82, 2.24) is 14.6 Å². The molecule has 146 valence electrons. The molecule has 1 saturated heterocycles. The number of rotatable bonds is 3. The van der Waals surface area contributed by atoms with E-state index in [1.165, 1.54) is 22.3 Å². The van der Waals surface area contributed by atoms with Gasteiger partial charge < -0.3 is 10.6 Å². The third kappa shape index (κ3) is 3.49. The number of anilines is 2. The second kappa shape index (κ2) is 7.33. The lowest BCUT2D eigenvalue weighted by molar-refractivity contribution is 0.573. The standard InChI is InChI=1S/C22H21N5OS/c23-18-9-7-15(8-10-18)16-5-4-6-17(13-16)21-25-27-20(28)14-19(24-22(27)29-21)26-11-2-1-3-12-26/h4-10,13-14H,1-3,11-12,23H2. The Labute approximate surface area is 172 Å². The second-order valence-corrected chi connectivity index (χ2v) is 8.26. The van der Waals surface area contributed by atoms with Gasteiger partial charge in [-0.2, -0.15) is 9.61 Å². The third-order valence-corrected chi connectivity index (χ3v) is 6.22. The van der Waals surface area contributed by atoms with Gasteiger partial charge in [-0.15, -0.1) is 0 Å². The molecule has 4 aromatic rings. The van der Waals surface area contributed by atoms with Crippen LogP contribution in [0.15, 0.2) is 59.4 Å². The number of nitrogens with two attached hydrogens (primary N) is 1. The number of benzene rings is 2. The average molecular weight is 404 g/mol. The number of fused-ring (bicyclic) bond motifs is 1. The number of nitrogen functional groups attached to an aromatic ring is 1. The molecule has 0 atom stereocenters. The van der Waals surface area contributed by atoms with Crippen LogP contribution in [-0.4, -0.2) is 27.7 Å². The van der Waals surface area contributed by atoms with Crippen molar-refractivity contribution < 1.29 is 0 Å². The van der Waals surface area contributed by atoms with Gasteiger partial charge in [0.1, 0.15) is 10.8 Å². The van der Waals surface area contributed by atoms with Crippen molar-refractivity contribution in [3.05, 3.63) is 65.0 Å². The molecule has 7 heteroatoms. The van der Waals surface area contributed by atoms with E-state index in [1.807, 2.05) is 36.4 Å². The van der Waals surface area contributed by atoms with Crippen molar-refractivity contribution >= 4 is 27.8 Å². The summed E-state index contributed by atoms with van der Waals surface area (Å²) in [5.41, 5.74) is 9.54. The molecule has 2 N–H and O–H groups in total. The van der Waals surface area contributed by atoms with Crippen LogP contribution in [0.5, 0.6) is 0 Å². The Morgan fingerprint density at radius 3 is 2.45 bits per heavy atom. The van der Waals surface area contributed by atoms with Crippen LogP contribution in [0.2, 0.25) is 0 Å². The molecule has 1 aliphatic heterocycles.